The van der Waals surface area contributed by atoms with Gasteiger partial charge >= 0.3 is 0 Å². The van der Waals surface area contributed by atoms with Crippen LogP contribution in [0.3, 0.4) is 0 Å². The van der Waals surface area contributed by atoms with Gasteiger partial charge in [-0.15, -0.1) is 0 Å². The third kappa shape index (κ3) is 3.54. The van der Waals surface area contributed by atoms with Crippen LogP contribution in [0, 0.1) is 5.82 Å². The second-order valence-electron chi connectivity index (χ2n) is 5.20. The maximum atomic E-state index is 13.7. The fourth-order valence-corrected chi connectivity index (χ4v) is 4.57. The number of rotatable bonds is 4. The lowest BCUT2D eigenvalue weighted by atomic mass is 10.0. The van der Waals surface area contributed by atoms with Crippen LogP contribution in [0.4, 0.5) is 4.39 Å². The second-order valence-corrected chi connectivity index (χ2v) is 7.48. The summed E-state index contributed by atoms with van der Waals surface area (Å²) in [7, 11) is -3.26. The highest BCUT2D eigenvalue weighted by Gasteiger charge is 2.28. The van der Waals surface area contributed by atoms with Gasteiger partial charge in [0, 0.05) is 12.1 Å². The maximum Gasteiger partial charge on any atom is 0.157 e. The molecule has 0 aromatic heterocycles. The van der Waals surface area contributed by atoms with Gasteiger partial charge in [0.1, 0.15) is 5.82 Å². The van der Waals surface area contributed by atoms with Crippen molar-refractivity contribution in [1.29, 1.82) is 0 Å². The molecular formula is C14H20FNO2S. The van der Waals surface area contributed by atoms with Gasteiger partial charge in [-0.25, -0.2) is 12.8 Å². The standard InChI is InChI=1S/C14H20FNO2S/c15-14-7-6-11(9-16)8-12(14)10-19(17,18)13-4-2-1-3-5-13/h6-8,13H,1-5,9-10,16H2. The van der Waals surface area contributed by atoms with E-state index in [1.807, 2.05) is 0 Å². The molecule has 5 heteroatoms. The van der Waals surface area contributed by atoms with Crippen molar-refractivity contribution < 1.29 is 12.8 Å². The predicted molar refractivity (Wildman–Crippen MR) is 73.8 cm³/mol. The maximum absolute atomic E-state index is 13.7. The lowest BCUT2D eigenvalue weighted by molar-refractivity contribution is 0.482. The zero-order valence-corrected chi connectivity index (χ0v) is 11.8. The fourth-order valence-electron chi connectivity index (χ4n) is 2.62. The Morgan fingerprint density at radius 2 is 1.89 bits per heavy atom. The van der Waals surface area contributed by atoms with Crippen LogP contribution in [0.15, 0.2) is 18.2 Å². The van der Waals surface area contributed by atoms with Gasteiger partial charge in [0.05, 0.1) is 11.0 Å². The van der Waals surface area contributed by atoms with Crippen LogP contribution in [0.2, 0.25) is 0 Å². The average molecular weight is 285 g/mol. The Bertz CT molecular complexity index is 536. The van der Waals surface area contributed by atoms with E-state index in [1.165, 1.54) is 6.07 Å². The zero-order valence-electron chi connectivity index (χ0n) is 10.9. The summed E-state index contributed by atoms with van der Waals surface area (Å²) in [6, 6.07) is 4.45. The molecule has 19 heavy (non-hydrogen) atoms. The summed E-state index contributed by atoms with van der Waals surface area (Å²) in [4.78, 5) is 0. The van der Waals surface area contributed by atoms with E-state index in [1.54, 1.807) is 12.1 Å². The van der Waals surface area contributed by atoms with Gasteiger partial charge in [-0.1, -0.05) is 31.4 Å². The summed E-state index contributed by atoms with van der Waals surface area (Å²) in [5, 5.41) is -0.304. The first-order valence-electron chi connectivity index (χ1n) is 6.72. The van der Waals surface area contributed by atoms with Crippen LogP contribution in [0.5, 0.6) is 0 Å². The molecule has 106 valence electrons. The molecule has 1 saturated carbocycles. The van der Waals surface area contributed by atoms with E-state index in [-0.39, 0.29) is 23.1 Å². The molecule has 1 aromatic rings. The average Bonchev–Trinajstić information content (AvgIpc) is 2.42. The fraction of sp³-hybridized carbons (Fsp3) is 0.571. The van der Waals surface area contributed by atoms with Crippen LogP contribution >= 0.6 is 0 Å². The minimum Gasteiger partial charge on any atom is -0.326 e. The number of hydrogen-bond donors (Lipinski definition) is 1. The molecule has 2 N–H and O–H groups in total. The highest BCUT2D eigenvalue weighted by Crippen LogP contribution is 2.27. The van der Waals surface area contributed by atoms with Gasteiger partial charge in [-0.05, 0) is 24.5 Å². The third-order valence-electron chi connectivity index (χ3n) is 3.76. The summed E-state index contributed by atoms with van der Waals surface area (Å²) in [6.07, 6.45) is 4.43. The first-order chi connectivity index (χ1) is 9.03. The number of halogens is 1. The van der Waals surface area contributed by atoms with Gasteiger partial charge in [0.15, 0.2) is 9.84 Å². The van der Waals surface area contributed by atoms with Gasteiger partial charge < -0.3 is 5.73 Å². The van der Waals surface area contributed by atoms with Crippen molar-refractivity contribution in [3.8, 4) is 0 Å². The van der Waals surface area contributed by atoms with E-state index in [0.29, 0.717) is 12.8 Å². The minimum atomic E-state index is -3.26. The molecule has 0 heterocycles. The molecule has 1 aliphatic carbocycles. The Morgan fingerprint density at radius 3 is 2.53 bits per heavy atom. The Balaban J connectivity index is 2.19. The first-order valence-corrected chi connectivity index (χ1v) is 8.43. The Kier molecular flexibility index (Phi) is 4.58. The van der Waals surface area contributed by atoms with Crippen LogP contribution in [0.1, 0.15) is 43.2 Å². The quantitative estimate of drug-likeness (QED) is 0.924. The number of benzene rings is 1. The highest BCUT2D eigenvalue weighted by molar-refractivity contribution is 7.91. The molecule has 0 amide bonds. The van der Waals surface area contributed by atoms with Crippen LogP contribution in [-0.2, 0) is 22.1 Å². The third-order valence-corrected chi connectivity index (χ3v) is 5.96. The Hall–Kier alpha value is -0.940. The van der Waals surface area contributed by atoms with Crippen molar-refractivity contribution in [3.63, 3.8) is 0 Å². The monoisotopic (exact) mass is 285 g/mol. The Labute approximate surface area is 113 Å². The molecule has 3 nitrogen and oxygen atoms in total. The normalized spacial score (nSPS) is 17.6. The summed E-state index contributed by atoms with van der Waals surface area (Å²) >= 11 is 0. The number of nitrogens with two attached hydrogens (primary N) is 1. The van der Waals surface area contributed by atoms with Crippen molar-refractivity contribution >= 4 is 9.84 Å². The molecule has 0 radical (unpaired) electrons. The predicted octanol–water partition coefficient (Wildman–Crippen LogP) is 2.53. The van der Waals surface area contributed by atoms with Crippen molar-refractivity contribution in [3.05, 3.63) is 35.1 Å². The molecule has 1 aromatic carbocycles. The summed E-state index contributed by atoms with van der Waals surface area (Å²) in [5.74, 6) is -0.672. The Morgan fingerprint density at radius 1 is 1.21 bits per heavy atom. The van der Waals surface area contributed by atoms with E-state index in [2.05, 4.69) is 0 Å². The van der Waals surface area contributed by atoms with Gasteiger partial charge in [-0.3, -0.25) is 0 Å². The van der Waals surface area contributed by atoms with Crippen LogP contribution in [0.25, 0.3) is 0 Å². The molecular weight excluding hydrogens is 265 g/mol. The lowest BCUT2D eigenvalue weighted by Gasteiger charge is -2.22. The molecule has 0 aliphatic heterocycles. The molecule has 0 atom stereocenters. The van der Waals surface area contributed by atoms with Crippen molar-refractivity contribution in [2.24, 2.45) is 5.73 Å². The number of sulfone groups is 1. The summed E-state index contributed by atoms with van der Waals surface area (Å²) in [6.45, 7) is 0.288. The minimum absolute atomic E-state index is 0.211. The van der Waals surface area contributed by atoms with Crippen LogP contribution in [-0.4, -0.2) is 13.7 Å². The largest absolute Gasteiger partial charge is 0.326 e. The molecule has 1 fully saturated rings. The molecule has 0 unspecified atom stereocenters. The molecule has 2 rings (SSSR count). The first kappa shape index (κ1) is 14.5. The van der Waals surface area contributed by atoms with Gasteiger partial charge in [0.2, 0.25) is 0 Å². The van der Waals surface area contributed by atoms with E-state index in [9.17, 15) is 12.8 Å². The van der Waals surface area contributed by atoms with E-state index in [0.717, 1.165) is 24.8 Å². The molecule has 0 bridgehead atoms. The van der Waals surface area contributed by atoms with Crippen molar-refractivity contribution in [1.82, 2.24) is 0 Å². The van der Waals surface area contributed by atoms with E-state index in [4.69, 9.17) is 5.73 Å². The molecule has 1 aliphatic rings. The van der Waals surface area contributed by atoms with Crippen LogP contribution < -0.4 is 5.73 Å². The van der Waals surface area contributed by atoms with Gasteiger partial charge in [0.25, 0.3) is 0 Å². The summed E-state index contributed by atoms with van der Waals surface area (Å²) in [5.41, 5.74) is 6.51. The van der Waals surface area contributed by atoms with Gasteiger partial charge in [-0.2, -0.15) is 0 Å². The smallest absolute Gasteiger partial charge is 0.157 e. The second kappa shape index (κ2) is 6.01. The zero-order chi connectivity index (χ0) is 13.9. The SMILES string of the molecule is NCc1ccc(F)c(CS(=O)(=O)C2CCCCC2)c1. The van der Waals surface area contributed by atoms with Crippen molar-refractivity contribution in [2.75, 3.05) is 0 Å². The molecule has 0 saturated heterocycles. The van der Waals surface area contributed by atoms with E-state index < -0.39 is 15.7 Å². The molecule has 0 spiro atoms. The number of hydrogen-bond acceptors (Lipinski definition) is 3. The summed E-state index contributed by atoms with van der Waals surface area (Å²) < 4.78 is 38.3. The topological polar surface area (TPSA) is 60.2 Å². The van der Waals surface area contributed by atoms with E-state index >= 15 is 0 Å². The van der Waals surface area contributed by atoms with Crippen molar-refractivity contribution in [2.45, 2.75) is 49.7 Å². The lowest BCUT2D eigenvalue weighted by Crippen LogP contribution is -2.25. The highest BCUT2D eigenvalue weighted by atomic mass is 32.2.